The first-order chi connectivity index (χ1) is 10.1. The summed E-state index contributed by atoms with van der Waals surface area (Å²) in [6.45, 7) is 5.05. The van der Waals surface area contributed by atoms with Crippen molar-refractivity contribution in [3.63, 3.8) is 0 Å². The van der Waals surface area contributed by atoms with Crippen molar-refractivity contribution in [3.05, 3.63) is 0 Å². The van der Waals surface area contributed by atoms with Crippen molar-refractivity contribution in [2.75, 3.05) is 26.7 Å². The maximum absolute atomic E-state index is 10.8. The number of aliphatic hydroxyl groups is 1. The molecule has 5 heteroatoms. The van der Waals surface area contributed by atoms with Crippen LogP contribution in [0.25, 0.3) is 0 Å². The fourth-order valence-electron chi connectivity index (χ4n) is 5.27. The second-order valence-corrected chi connectivity index (χ2v) is 7.49. The van der Waals surface area contributed by atoms with Gasteiger partial charge < -0.3 is 24.2 Å². The van der Waals surface area contributed by atoms with Crippen LogP contribution in [-0.4, -0.2) is 60.5 Å². The Bertz CT molecular complexity index is 403. The molecule has 4 bridgehead atoms. The van der Waals surface area contributed by atoms with E-state index in [2.05, 4.69) is 4.90 Å². The van der Waals surface area contributed by atoms with Gasteiger partial charge in [-0.05, 0) is 45.2 Å². The minimum Gasteiger partial charge on any atom is -0.390 e. The molecule has 4 aliphatic heterocycles. The van der Waals surface area contributed by atoms with Gasteiger partial charge in [-0.2, -0.15) is 0 Å². The van der Waals surface area contributed by atoms with Crippen LogP contribution in [0.15, 0.2) is 0 Å². The first kappa shape index (κ1) is 14.4. The van der Waals surface area contributed by atoms with Crippen LogP contribution in [-0.2, 0) is 14.2 Å². The minimum absolute atomic E-state index is 0.154. The third kappa shape index (κ3) is 2.09. The van der Waals surface area contributed by atoms with Crippen molar-refractivity contribution < 1.29 is 19.3 Å². The molecule has 5 nitrogen and oxygen atoms in total. The maximum Gasteiger partial charge on any atom is 0.169 e. The highest BCUT2D eigenvalue weighted by molar-refractivity contribution is 5.14. The van der Waals surface area contributed by atoms with E-state index in [1.165, 1.54) is 19.3 Å². The lowest BCUT2D eigenvalue weighted by Gasteiger charge is -2.58. The predicted molar refractivity (Wildman–Crippen MR) is 76.6 cm³/mol. The van der Waals surface area contributed by atoms with E-state index >= 15 is 0 Å². The van der Waals surface area contributed by atoms with Crippen molar-refractivity contribution in [3.8, 4) is 0 Å². The molecular formula is C16H27NO4. The molecule has 5 aliphatic rings. The fraction of sp³-hybridized carbons (Fsp3) is 1.00. The van der Waals surface area contributed by atoms with Crippen molar-refractivity contribution in [2.24, 2.45) is 11.8 Å². The van der Waals surface area contributed by atoms with Gasteiger partial charge >= 0.3 is 0 Å². The van der Waals surface area contributed by atoms with E-state index in [9.17, 15) is 5.11 Å². The Balaban J connectivity index is 1.64. The Morgan fingerprint density at radius 1 is 1.29 bits per heavy atom. The van der Waals surface area contributed by atoms with Gasteiger partial charge in [0, 0.05) is 26.0 Å². The average Bonchev–Trinajstić information content (AvgIpc) is 2.66. The monoisotopic (exact) mass is 297 g/mol. The Morgan fingerprint density at radius 2 is 2.05 bits per heavy atom. The number of piperidine rings is 1. The second-order valence-electron chi connectivity index (χ2n) is 7.49. The molecule has 21 heavy (non-hydrogen) atoms. The molecular weight excluding hydrogens is 270 g/mol. The van der Waals surface area contributed by atoms with E-state index < -0.39 is 17.5 Å². The quantitative estimate of drug-likeness (QED) is 0.852. The van der Waals surface area contributed by atoms with E-state index in [0.29, 0.717) is 5.92 Å². The van der Waals surface area contributed by atoms with Gasteiger partial charge in [0.15, 0.2) is 12.1 Å². The van der Waals surface area contributed by atoms with E-state index in [1.807, 2.05) is 6.92 Å². The SMILES string of the molecule is COC1OC2(C)CC3C[C@@H](O)C(CN4CCCCC4)(O2)C31. The number of likely N-dealkylation sites (tertiary alicyclic amines) is 1. The minimum atomic E-state index is -0.604. The van der Waals surface area contributed by atoms with Gasteiger partial charge in [0.05, 0.1) is 6.10 Å². The molecule has 5 fully saturated rings. The molecule has 4 heterocycles. The smallest absolute Gasteiger partial charge is 0.169 e. The first-order valence-electron chi connectivity index (χ1n) is 8.37. The summed E-state index contributed by atoms with van der Waals surface area (Å²) in [5.74, 6) is -0.00335. The van der Waals surface area contributed by atoms with Gasteiger partial charge in [-0.25, -0.2) is 0 Å². The van der Waals surface area contributed by atoms with Crippen LogP contribution in [0.3, 0.4) is 0 Å². The van der Waals surface area contributed by atoms with Gasteiger partial charge in [0.2, 0.25) is 0 Å². The number of hydrogen-bond acceptors (Lipinski definition) is 5. The van der Waals surface area contributed by atoms with Crippen molar-refractivity contribution >= 4 is 0 Å². The standard InChI is InChI=1S/C16H27NO4/c1-15-9-11-8-12(18)16(21-15,13(11)14(19-2)20-15)10-17-6-4-3-5-7-17/h11-14,18H,3-10H2,1-2H3/t11?,12-,13?,14?,15?,16?/m1/s1. The lowest BCUT2D eigenvalue weighted by atomic mass is 9.75. The molecule has 1 aliphatic carbocycles. The molecule has 0 aromatic carbocycles. The number of methoxy groups -OCH3 is 1. The van der Waals surface area contributed by atoms with Crippen molar-refractivity contribution in [2.45, 2.75) is 62.8 Å². The number of ether oxygens (including phenoxy) is 3. The zero-order valence-electron chi connectivity index (χ0n) is 13.1. The third-order valence-corrected chi connectivity index (χ3v) is 6.01. The third-order valence-electron chi connectivity index (χ3n) is 6.01. The van der Waals surface area contributed by atoms with Crippen LogP contribution in [0.1, 0.15) is 39.0 Å². The molecule has 120 valence electrons. The van der Waals surface area contributed by atoms with Crippen molar-refractivity contribution in [1.82, 2.24) is 4.90 Å². The predicted octanol–water partition coefficient (Wildman–Crippen LogP) is 1.35. The molecule has 1 N–H and O–H groups in total. The molecule has 6 atom stereocenters. The first-order valence-corrected chi connectivity index (χ1v) is 8.37. The number of aliphatic hydroxyl groups excluding tert-OH is 1. The summed E-state index contributed by atoms with van der Waals surface area (Å²) in [6.07, 6.45) is 4.86. The van der Waals surface area contributed by atoms with E-state index in [1.54, 1.807) is 7.11 Å². The molecule has 5 unspecified atom stereocenters. The topological polar surface area (TPSA) is 51.2 Å². The molecule has 0 amide bonds. The lowest BCUT2D eigenvalue weighted by Crippen LogP contribution is -2.69. The Hall–Kier alpha value is -0.200. The Morgan fingerprint density at radius 3 is 2.76 bits per heavy atom. The van der Waals surface area contributed by atoms with E-state index in [0.717, 1.165) is 32.5 Å². The molecule has 5 rings (SSSR count). The Labute approximate surface area is 126 Å². The van der Waals surface area contributed by atoms with Gasteiger partial charge in [-0.15, -0.1) is 0 Å². The molecule has 1 saturated carbocycles. The Kier molecular flexibility index (Phi) is 3.36. The average molecular weight is 297 g/mol. The highest BCUT2D eigenvalue weighted by Crippen LogP contribution is 2.60. The summed E-state index contributed by atoms with van der Waals surface area (Å²) in [6, 6.07) is 0. The zero-order valence-corrected chi connectivity index (χ0v) is 13.1. The number of hydrogen-bond donors (Lipinski definition) is 1. The molecule has 4 saturated heterocycles. The summed E-state index contributed by atoms with van der Waals surface area (Å²) >= 11 is 0. The second kappa shape index (κ2) is 4.90. The molecule has 0 aromatic rings. The summed E-state index contributed by atoms with van der Waals surface area (Å²) in [7, 11) is 1.70. The maximum atomic E-state index is 10.8. The van der Waals surface area contributed by atoms with Crippen LogP contribution in [0.4, 0.5) is 0 Å². The highest BCUT2D eigenvalue weighted by atomic mass is 16.8. The van der Waals surface area contributed by atoms with Crippen LogP contribution < -0.4 is 0 Å². The summed E-state index contributed by atoms with van der Waals surface area (Å²) in [5.41, 5.74) is -0.506. The van der Waals surface area contributed by atoms with Gasteiger partial charge in [0.1, 0.15) is 5.60 Å². The van der Waals surface area contributed by atoms with Gasteiger partial charge in [0.25, 0.3) is 0 Å². The van der Waals surface area contributed by atoms with Crippen molar-refractivity contribution in [1.29, 1.82) is 0 Å². The van der Waals surface area contributed by atoms with E-state index in [4.69, 9.17) is 14.2 Å². The molecule has 0 aromatic heterocycles. The fourth-order valence-corrected chi connectivity index (χ4v) is 5.27. The lowest BCUT2D eigenvalue weighted by molar-refractivity contribution is -0.440. The van der Waals surface area contributed by atoms with Crippen LogP contribution >= 0.6 is 0 Å². The van der Waals surface area contributed by atoms with Gasteiger partial charge in [-0.1, -0.05) is 6.42 Å². The van der Waals surface area contributed by atoms with Crippen LogP contribution in [0.5, 0.6) is 0 Å². The summed E-state index contributed by atoms with van der Waals surface area (Å²) in [5, 5.41) is 10.8. The van der Waals surface area contributed by atoms with Crippen LogP contribution in [0, 0.1) is 11.8 Å². The highest BCUT2D eigenvalue weighted by Gasteiger charge is 2.70. The van der Waals surface area contributed by atoms with Crippen LogP contribution in [0.2, 0.25) is 0 Å². The largest absolute Gasteiger partial charge is 0.390 e. The summed E-state index contributed by atoms with van der Waals surface area (Å²) < 4.78 is 18.0. The van der Waals surface area contributed by atoms with E-state index in [-0.39, 0.29) is 12.2 Å². The molecule has 0 spiro atoms. The normalized spacial score (nSPS) is 53.3. The number of fused-ring (bicyclic) bond motifs is 1. The summed E-state index contributed by atoms with van der Waals surface area (Å²) in [4.78, 5) is 2.46. The number of rotatable bonds is 3. The zero-order chi connectivity index (χ0) is 14.7. The molecule has 0 radical (unpaired) electrons. The van der Waals surface area contributed by atoms with Gasteiger partial charge in [-0.3, -0.25) is 0 Å². The number of nitrogens with zero attached hydrogens (tertiary/aromatic N) is 1.